The summed E-state index contributed by atoms with van der Waals surface area (Å²) in [6.07, 6.45) is -0.417. The van der Waals surface area contributed by atoms with E-state index in [-0.39, 0.29) is 36.9 Å². The normalized spacial score (nSPS) is 11.7. The number of carbonyl (C=O) groups excluding carboxylic acids is 4. The van der Waals surface area contributed by atoms with Gasteiger partial charge in [0.2, 0.25) is 5.76 Å². The quantitative estimate of drug-likeness (QED) is 0.236. The number of esters is 3. The summed E-state index contributed by atoms with van der Waals surface area (Å²) in [7, 11) is 0. The largest absolute Gasteiger partial charge is 0.493 e. The molecule has 3 rings (SSSR count). The van der Waals surface area contributed by atoms with E-state index >= 15 is 0 Å². The molecule has 0 unspecified atom stereocenters. The molecule has 1 heterocycles. The lowest BCUT2D eigenvalue weighted by Gasteiger charge is -2.18. The summed E-state index contributed by atoms with van der Waals surface area (Å²) in [5.74, 6) is -2.08. The van der Waals surface area contributed by atoms with E-state index in [0.717, 1.165) is 5.56 Å². The highest BCUT2D eigenvalue weighted by atomic mass is 16.6. The first-order valence-electron chi connectivity index (χ1n) is 13.3. The molecule has 0 saturated carbocycles. The summed E-state index contributed by atoms with van der Waals surface area (Å²) in [6, 6.07) is 15.6. The Kier molecular flexibility index (Phi) is 10.7. The van der Waals surface area contributed by atoms with Gasteiger partial charge in [0.25, 0.3) is 5.91 Å². The van der Waals surface area contributed by atoms with Crippen molar-refractivity contribution < 1.29 is 42.5 Å². The Bertz CT molecular complexity index is 1360. The molecular formula is C31H35NO9. The summed E-state index contributed by atoms with van der Waals surface area (Å²) in [5.41, 5.74) is 0.780. The van der Waals surface area contributed by atoms with Crippen molar-refractivity contribution in [2.75, 3.05) is 13.2 Å². The average molecular weight is 566 g/mol. The Labute approximate surface area is 238 Å². The topological polar surface area (TPSA) is 130 Å². The first kappa shape index (κ1) is 30.9. The van der Waals surface area contributed by atoms with Crippen molar-refractivity contribution in [3.8, 4) is 17.1 Å². The van der Waals surface area contributed by atoms with Gasteiger partial charge in [-0.3, -0.25) is 9.59 Å². The molecule has 10 heteroatoms. The van der Waals surface area contributed by atoms with E-state index in [2.05, 4.69) is 5.32 Å². The van der Waals surface area contributed by atoms with Crippen molar-refractivity contribution >= 4 is 23.8 Å². The van der Waals surface area contributed by atoms with Crippen LogP contribution < -0.4 is 10.1 Å². The SMILES string of the molecule is CCOC(=O)[C@H](CC(=O)OCc1ccccc1)NC(=O)c1ccc(-c2ccc(C(=O)OC(C)(C)C)o2)cc1OCC. The van der Waals surface area contributed by atoms with Crippen LogP contribution in [-0.2, 0) is 30.4 Å². The zero-order valence-electron chi connectivity index (χ0n) is 23.9. The van der Waals surface area contributed by atoms with Gasteiger partial charge in [0.05, 0.1) is 25.2 Å². The molecule has 0 spiro atoms. The van der Waals surface area contributed by atoms with Crippen molar-refractivity contribution in [1.82, 2.24) is 5.32 Å². The van der Waals surface area contributed by atoms with Crippen LogP contribution in [0.3, 0.4) is 0 Å². The maximum absolute atomic E-state index is 13.3. The van der Waals surface area contributed by atoms with Gasteiger partial charge in [-0.05, 0) is 64.4 Å². The van der Waals surface area contributed by atoms with Gasteiger partial charge < -0.3 is 28.7 Å². The first-order valence-corrected chi connectivity index (χ1v) is 13.3. The molecule has 1 atom stereocenters. The van der Waals surface area contributed by atoms with E-state index in [1.54, 1.807) is 65.0 Å². The zero-order chi connectivity index (χ0) is 30.0. The molecule has 2 aromatic carbocycles. The molecule has 0 saturated heterocycles. The van der Waals surface area contributed by atoms with Crippen LogP contribution in [0.1, 0.15) is 67.5 Å². The monoisotopic (exact) mass is 565 g/mol. The molecule has 10 nitrogen and oxygen atoms in total. The molecule has 0 aliphatic carbocycles. The molecular weight excluding hydrogens is 530 g/mol. The van der Waals surface area contributed by atoms with Crippen LogP contribution >= 0.6 is 0 Å². The van der Waals surface area contributed by atoms with E-state index in [9.17, 15) is 19.2 Å². The van der Waals surface area contributed by atoms with Crippen LogP contribution in [-0.4, -0.2) is 48.7 Å². The van der Waals surface area contributed by atoms with Gasteiger partial charge in [0.1, 0.15) is 29.8 Å². The van der Waals surface area contributed by atoms with E-state index < -0.39 is 41.9 Å². The summed E-state index contributed by atoms with van der Waals surface area (Å²) in [4.78, 5) is 50.7. The molecule has 0 bridgehead atoms. The second-order valence-electron chi connectivity index (χ2n) is 9.94. The van der Waals surface area contributed by atoms with Crippen LogP contribution in [0.25, 0.3) is 11.3 Å². The van der Waals surface area contributed by atoms with Crippen molar-refractivity contribution in [2.45, 2.75) is 59.3 Å². The maximum atomic E-state index is 13.3. The molecule has 0 radical (unpaired) electrons. The van der Waals surface area contributed by atoms with Gasteiger partial charge in [-0.25, -0.2) is 9.59 Å². The third kappa shape index (κ3) is 9.23. The molecule has 3 aromatic rings. The number of hydrogen-bond acceptors (Lipinski definition) is 9. The maximum Gasteiger partial charge on any atom is 0.374 e. The van der Waals surface area contributed by atoms with Gasteiger partial charge in [-0.2, -0.15) is 0 Å². The number of carbonyl (C=O) groups is 4. The lowest BCUT2D eigenvalue weighted by atomic mass is 10.1. The van der Waals surface area contributed by atoms with Crippen LogP contribution in [0.4, 0.5) is 0 Å². The predicted molar refractivity (Wildman–Crippen MR) is 149 cm³/mol. The molecule has 1 aromatic heterocycles. The fourth-order valence-corrected chi connectivity index (χ4v) is 3.71. The van der Waals surface area contributed by atoms with Crippen LogP contribution in [0.15, 0.2) is 65.1 Å². The lowest BCUT2D eigenvalue weighted by molar-refractivity contribution is -0.152. The molecule has 1 N–H and O–H groups in total. The van der Waals surface area contributed by atoms with Crippen LogP contribution in [0.2, 0.25) is 0 Å². The number of rotatable bonds is 12. The second kappa shape index (κ2) is 14.2. The minimum Gasteiger partial charge on any atom is -0.493 e. The van der Waals surface area contributed by atoms with E-state index in [0.29, 0.717) is 11.3 Å². The lowest BCUT2D eigenvalue weighted by Crippen LogP contribution is -2.43. The molecule has 0 fully saturated rings. The standard InChI is InChI=1S/C31H35NO9/c1-6-37-26-17-21(24-15-16-25(40-24)30(36)41-31(3,4)5)13-14-22(26)28(34)32-23(29(35)38-7-2)18-27(33)39-19-20-11-9-8-10-12-20/h8-17,23H,6-7,18-19H2,1-5H3,(H,32,34)/t23-/m0/s1. The number of ether oxygens (including phenoxy) is 4. The van der Waals surface area contributed by atoms with Gasteiger partial charge in [-0.15, -0.1) is 0 Å². The Morgan fingerprint density at radius 2 is 1.63 bits per heavy atom. The van der Waals surface area contributed by atoms with Crippen molar-refractivity contribution in [3.05, 3.63) is 77.6 Å². The Balaban J connectivity index is 1.76. The number of nitrogens with one attached hydrogen (secondary N) is 1. The van der Waals surface area contributed by atoms with Gasteiger partial charge in [0.15, 0.2) is 0 Å². The van der Waals surface area contributed by atoms with Gasteiger partial charge in [-0.1, -0.05) is 36.4 Å². The predicted octanol–water partition coefficient (Wildman–Crippen LogP) is 5.10. The van der Waals surface area contributed by atoms with Crippen molar-refractivity contribution in [1.29, 1.82) is 0 Å². The summed E-state index contributed by atoms with van der Waals surface area (Å²) in [6.45, 7) is 9.00. The van der Waals surface area contributed by atoms with Crippen LogP contribution in [0, 0.1) is 0 Å². The van der Waals surface area contributed by atoms with Crippen molar-refractivity contribution in [2.24, 2.45) is 0 Å². The number of amides is 1. The number of furan rings is 1. The molecule has 218 valence electrons. The highest BCUT2D eigenvalue weighted by molar-refractivity contribution is 6.00. The molecule has 0 aliphatic heterocycles. The fraction of sp³-hybridized carbons (Fsp3) is 0.355. The fourth-order valence-electron chi connectivity index (χ4n) is 3.71. The average Bonchev–Trinajstić information content (AvgIpc) is 3.42. The van der Waals surface area contributed by atoms with E-state index in [1.165, 1.54) is 12.1 Å². The first-order chi connectivity index (χ1) is 19.5. The molecule has 1 amide bonds. The highest BCUT2D eigenvalue weighted by Crippen LogP contribution is 2.30. The third-order valence-corrected chi connectivity index (χ3v) is 5.51. The molecule has 0 aliphatic rings. The Hall–Kier alpha value is -4.60. The van der Waals surface area contributed by atoms with Gasteiger partial charge >= 0.3 is 17.9 Å². The van der Waals surface area contributed by atoms with Gasteiger partial charge in [0, 0.05) is 5.56 Å². The minimum absolute atomic E-state index is 0.0293. The zero-order valence-corrected chi connectivity index (χ0v) is 23.9. The summed E-state index contributed by atoms with van der Waals surface area (Å²) < 4.78 is 27.1. The number of hydrogen-bond donors (Lipinski definition) is 1. The summed E-state index contributed by atoms with van der Waals surface area (Å²) >= 11 is 0. The van der Waals surface area contributed by atoms with E-state index in [1.807, 2.05) is 18.2 Å². The van der Waals surface area contributed by atoms with Crippen LogP contribution in [0.5, 0.6) is 5.75 Å². The minimum atomic E-state index is -1.28. The van der Waals surface area contributed by atoms with E-state index in [4.69, 9.17) is 23.4 Å². The highest BCUT2D eigenvalue weighted by Gasteiger charge is 2.28. The Morgan fingerprint density at radius 3 is 2.29 bits per heavy atom. The third-order valence-electron chi connectivity index (χ3n) is 5.51. The van der Waals surface area contributed by atoms with Crippen molar-refractivity contribution in [3.63, 3.8) is 0 Å². The second-order valence-corrected chi connectivity index (χ2v) is 9.94. The summed E-state index contributed by atoms with van der Waals surface area (Å²) in [5, 5.41) is 2.57. The molecule has 41 heavy (non-hydrogen) atoms. The number of benzene rings is 2. The smallest absolute Gasteiger partial charge is 0.374 e. The Morgan fingerprint density at radius 1 is 0.902 bits per heavy atom.